The van der Waals surface area contributed by atoms with Crippen LogP contribution in [0.4, 0.5) is 8.78 Å². The Kier molecular flexibility index (Phi) is 5.00. The molecule has 21 heavy (non-hydrogen) atoms. The van der Waals surface area contributed by atoms with E-state index in [1.165, 1.54) is 0 Å². The summed E-state index contributed by atoms with van der Waals surface area (Å²) in [6, 6.07) is 0.0836. The molecule has 3 N–H and O–H groups in total. The molecule has 0 heterocycles. The topological polar surface area (TPSA) is 78.9 Å². The van der Waals surface area contributed by atoms with E-state index in [2.05, 4.69) is 5.16 Å². The van der Waals surface area contributed by atoms with E-state index < -0.39 is 5.92 Å². The molecule has 5 nitrogen and oxygen atoms in total. The van der Waals surface area contributed by atoms with Gasteiger partial charge in [0.15, 0.2) is 5.84 Å². The monoisotopic (exact) mass is 303 g/mol. The van der Waals surface area contributed by atoms with E-state index >= 15 is 0 Å². The third-order valence-electron chi connectivity index (χ3n) is 4.58. The normalized spacial score (nSPS) is 24.2. The number of carbonyl (C=O) groups excluding carboxylic acids is 1. The molecule has 7 heteroatoms. The minimum atomic E-state index is -2.64. The van der Waals surface area contributed by atoms with Crippen LogP contribution in [0, 0.1) is 5.92 Å². The second-order valence-electron chi connectivity index (χ2n) is 6.13. The van der Waals surface area contributed by atoms with E-state index in [1.807, 2.05) is 0 Å². The van der Waals surface area contributed by atoms with Crippen molar-refractivity contribution in [3.05, 3.63) is 0 Å². The zero-order chi connectivity index (χ0) is 15.5. The summed E-state index contributed by atoms with van der Waals surface area (Å²) in [7, 11) is 0. The average Bonchev–Trinajstić information content (AvgIpc) is 2.97. The van der Waals surface area contributed by atoms with Crippen LogP contribution in [0.15, 0.2) is 5.16 Å². The molecular formula is C14H23F2N3O2. The van der Waals surface area contributed by atoms with Crippen LogP contribution in [0.25, 0.3) is 0 Å². The van der Waals surface area contributed by atoms with Crippen LogP contribution < -0.4 is 5.73 Å². The maximum absolute atomic E-state index is 13.2. The lowest BCUT2D eigenvalue weighted by molar-refractivity contribution is -0.141. The number of carbonyl (C=O) groups is 1. The Labute approximate surface area is 123 Å². The van der Waals surface area contributed by atoms with Crippen molar-refractivity contribution in [3.63, 3.8) is 0 Å². The van der Waals surface area contributed by atoms with E-state index in [-0.39, 0.29) is 55.9 Å². The predicted octanol–water partition coefficient (Wildman–Crippen LogP) is 2.33. The lowest BCUT2D eigenvalue weighted by atomic mass is 9.85. The van der Waals surface area contributed by atoms with Gasteiger partial charge in [-0.25, -0.2) is 8.78 Å². The van der Waals surface area contributed by atoms with E-state index in [9.17, 15) is 13.6 Å². The molecule has 2 saturated carbocycles. The first kappa shape index (κ1) is 16.0. The fourth-order valence-corrected chi connectivity index (χ4v) is 3.33. The highest BCUT2D eigenvalue weighted by molar-refractivity contribution is 5.88. The number of oxime groups is 1. The Hall–Kier alpha value is -1.40. The summed E-state index contributed by atoms with van der Waals surface area (Å²) < 4.78 is 26.4. The van der Waals surface area contributed by atoms with E-state index in [1.54, 1.807) is 4.90 Å². The average molecular weight is 303 g/mol. The summed E-state index contributed by atoms with van der Waals surface area (Å²) in [5.41, 5.74) is 5.54. The van der Waals surface area contributed by atoms with E-state index in [0.717, 1.165) is 25.7 Å². The van der Waals surface area contributed by atoms with Crippen molar-refractivity contribution in [2.75, 3.05) is 6.54 Å². The molecule has 1 amide bonds. The molecule has 0 aromatic rings. The SMILES string of the molecule is NC(CN(C(=O)C1CCC(F)(F)CC1)C1CCCC1)=NO. The molecule has 2 aliphatic rings. The molecule has 0 aliphatic heterocycles. The van der Waals surface area contributed by atoms with Gasteiger partial charge in [-0.05, 0) is 25.7 Å². The van der Waals surface area contributed by atoms with Crippen LogP contribution in [-0.2, 0) is 4.79 Å². The summed E-state index contributed by atoms with van der Waals surface area (Å²) in [6.45, 7) is 0.0763. The van der Waals surface area contributed by atoms with Crippen LogP contribution in [-0.4, -0.2) is 40.4 Å². The molecule has 0 aromatic carbocycles. The maximum atomic E-state index is 13.2. The van der Waals surface area contributed by atoms with Crippen molar-refractivity contribution in [2.45, 2.75) is 63.3 Å². The van der Waals surface area contributed by atoms with Gasteiger partial charge in [0.2, 0.25) is 11.8 Å². The first-order valence-electron chi connectivity index (χ1n) is 7.57. The van der Waals surface area contributed by atoms with Gasteiger partial charge >= 0.3 is 0 Å². The highest BCUT2D eigenvalue weighted by atomic mass is 19.3. The Morgan fingerprint density at radius 2 is 1.81 bits per heavy atom. The van der Waals surface area contributed by atoms with Crippen LogP contribution in [0.1, 0.15) is 51.4 Å². The first-order valence-corrected chi connectivity index (χ1v) is 7.57. The molecule has 0 atom stereocenters. The van der Waals surface area contributed by atoms with Crippen LogP contribution in [0.3, 0.4) is 0 Å². The van der Waals surface area contributed by atoms with Crippen LogP contribution in [0.2, 0.25) is 0 Å². The molecule has 0 bridgehead atoms. The molecule has 0 unspecified atom stereocenters. The number of hydrogen-bond acceptors (Lipinski definition) is 3. The quantitative estimate of drug-likeness (QED) is 0.362. The molecule has 0 spiro atoms. The Morgan fingerprint density at radius 3 is 2.33 bits per heavy atom. The largest absolute Gasteiger partial charge is 0.409 e. The molecule has 2 rings (SSSR count). The van der Waals surface area contributed by atoms with Gasteiger partial charge in [0.25, 0.3) is 0 Å². The van der Waals surface area contributed by atoms with Gasteiger partial charge in [0.1, 0.15) is 0 Å². The number of amides is 1. The van der Waals surface area contributed by atoms with E-state index in [4.69, 9.17) is 10.9 Å². The third-order valence-corrected chi connectivity index (χ3v) is 4.58. The second kappa shape index (κ2) is 6.58. The zero-order valence-electron chi connectivity index (χ0n) is 12.1. The van der Waals surface area contributed by atoms with Gasteiger partial charge in [-0.15, -0.1) is 0 Å². The van der Waals surface area contributed by atoms with Gasteiger partial charge in [0.05, 0.1) is 6.54 Å². The second-order valence-corrected chi connectivity index (χ2v) is 6.13. The molecule has 120 valence electrons. The number of rotatable bonds is 4. The number of nitrogens with two attached hydrogens (primary N) is 1. The number of nitrogens with zero attached hydrogens (tertiary/aromatic N) is 2. The molecule has 0 aromatic heterocycles. The highest BCUT2D eigenvalue weighted by Crippen LogP contribution is 2.37. The fraction of sp³-hybridized carbons (Fsp3) is 0.857. The van der Waals surface area contributed by atoms with Crippen LogP contribution in [0.5, 0.6) is 0 Å². The standard InChI is InChI=1S/C14H23F2N3O2/c15-14(16)7-5-10(6-8-14)13(20)19(9-12(17)18-21)11-3-1-2-4-11/h10-11,21H,1-9H2,(H2,17,18). The Balaban J connectivity index is 2.03. The summed E-state index contributed by atoms with van der Waals surface area (Å²) in [6.07, 6.45) is 3.86. The summed E-state index contributed by atoms with van der Waals surface area (Å²) in [5.74, 6) is -3.14. The lowest BCUT2D eigenvalue weighted by Gasteiger charge is -2.35. The zero-order valence-corrected chi connectivity index (χ0v) is 12.1. The van der Waals surface area contributed by atoms with Crippen molar-refractivity contribution in [3.8, 4) is 0 Å². The van der Waals surface area contributed by atoms with Crippen molar-refractivity contribution in [2.24, 2.45) is 16.8 Å². The lowest BCUT2D eigenvalue weighted by Crippen LogP contribution is -2.48. The van der Waals surface area contributed by atoms with Crippen LogP contribution >= 0.6 is 0 Å². The number of alkyl halides is 2. The van der Waals surface area contributed by atoms with Gasteiger partial charge in [0, 0.05) is 24.8 Å². The first-order chi connectivity index (χ1) is 9.93. The van der Waals surface area contributed by atoms with Gasteiger partial charge < -0.3 is 15.8 Å². The summed E-state index contributed by atoms with van der Waals surface area (Å²) in [5, 5.41) is 11.6. The Bertz CT molecular complexity index is 399. The van der Waals surface area contributed by atoms with Crippen molar-refractivity contribution < 1.29 is 18.8 Å². The molecule has 0 radical (unpaired) electrons. The summed E-state index contributed by atoms with van der Waals surface area (Å²) in [4.78, 5) is 14.3. The van der Waals surface area contributed by atoms with Gasteiger partial charge in [-0.3, -0.25) is 4.79 Å². The number of amidine groups is 1. The van der Waals surface area contributed by atoms with E-state index in [0.29, 0.717) is 0 Å². The number of halogens is 2. The van der Waals surface area contributed by atoms with Crippen molar-refractivity contribution >= 4 is 11.7 Å². The van der Waals surface area contributed by atoms with Crippen molar-refractivity contribution in [1.29, 1.82) is 0 Å². The van der Waals surface area contributed by atoms with Crippen molar-refractivity contribution in [1.82, 2.24) is 4.90 Å². The smallest absolute Gasteiger partial charge is 0.248 e. The minimum absolute atomic E-state index is 0.0172. The minimum Gasteiger partial charge on any atom is -0.409 e. The fourth-order valence-electron chi connectivity index (χ4n) is 3.33. The highest BCUT2D eigenvalue weighted by Gasteiger charge is 2.40. The molecule has 0 saturated heterocycles. The summed E-state index contributed by atoms with van der Waals surface area (Å²) >= 11 is 0. The van der Waals surface area contributed by atoms with Gasteiger partial charge in [-0.1, -0.05) is 18.0 Å². The Morgan fingerprint density at radius 1 is 1.24 bits per heavy atom. The molecule has 2 aliphatic carbocycles. The van der Waals surface area contributed by atoms with Gasteiger partial charge in [-0.2, -0.15) is 0 Å². The third kappa shape index (κ3) is 4.04. The predicted molar refractivity (Wildman–Crippen MR) is 74.3 cm³/mol. The molecule has 2 fully saturated rings. The number of hydrogen-bond donors (Lipinski definition) is 2. The maximum Gasteiger partial charge on any atom is 0.248 e. The molecular weight excluding hydrogens is 280 g/mol.